The van der Waals surface area contributed by atoms with E-state index in [2.05, 4.69) is 50.4 Å². The van der Waals surface area contributed by atoms with Crippen molar-refractivity contribution in [2.24, 2.45) is 5.41 Å². The average Bonchev–Trinajstić information content (AvgIpc) is 2.70. The molecule has 2 aromatic carbocycles. The van der Waals surface area contributed by atoms with Gasteiger partial charge in [0.1, 0.15) is 0 Å². The minimum absolute atomic E-state index is 0.0480. The van der Waals surface area contributed by atoms with Crippen molar-refractivity contribution < 1.29 is 14.3 Å². The summed E-state index contributed by atoms with van der Waals surface area (Å²) in [6.45, 7) is 6.47. The van der Waals surface area contributed by atoms with E-state index in [9.17, 15) is 4.79 Å². The van der Waals surface area contributed by atoms with Crippen LogP contribution in [0.5, 0.6) is 11.5 Å². The maximum atomic E-state index is 13.3. The molecule has 0 unspecified atom stereocenters. The minimum Gasteiger partial charge on any atom is -0.493 e. The van der Waals surface area contributed by atoms with Gasteiger partial charge in [-0.3, -0.25) is 4.79 Å². The molecule has 4 rings (SSSR count). The number of fused-ring (bicyclic) bond motifs is 1. The van der Waals surface area contributed by atoms with Crippen LogP contribution in [0.25, 0.3) is 0 Å². The molecule has 4 heteroatoms. The lowest BCUT2D eigenvalue weighted by atomic mass is 9.68. The average molecular weight is 392 g/mol. The standard InChI is InChI=1S/C25H29NO3/c1-6-15-7-9-16(10-8-15)23-17-11-21(28-4)22(29-5)12-18(17)26-19-13-25(2,3)14-20(27)24(19)23/h7-12,23,26H,6,13-14H2,1-5H3/t23-/m0/s1. The van der Waals surface area contributed by atoms with E-state index >= 15 is 0 Å². The van der Waals surface area contributed by atoms with Gasteiger partial charge in [0.25, 0.3) is 0 Å². The predicted octanol–water partition coefficient (Wildman–Crippen LogP) is 5.47. The molecule has 0 saturated heterocycles. The first-order chi connectivity index (χ1) is 13.9. The fourth-order valence-electron chi connectivity index (χ4n) is 4.63. The van der Waals surface area contributed by atoms with Crippen LogP contribution in [0.3, 0.4) is 0 Å². The number of ketones is 1. The van der Waals surface area contributed by atoms with Crippen LogP contribution in [-0.4, -0.2) is 20.0 Å². The number of hydrogen-bond acceptors (Lipinski definition) is 4. The summed E-state index contributed by atoms with van der Waals surface area (Å²) in [6.07, 6.45) is 2.42. The summed E-state index contributed by atoms with van der Waals surface area (Å²) in [6, 6.07) is 12.6. The molecule has 2 aliphatic rings. The number of nitrogens with one attached hydrogen (secondary N) is 1. The second-order valence-corrected chi connectivity index (χ2v) is 8.78. The van der Waals surface area contributed by atoms with E-state index in [-0.39, 0.29) is 17.1 Å². The molecule has 2 aromatic rings. The van der Waals surface area contributed by atoms with Crippen LogP contribution in [0, 0.1) is 5.41 Å². The van der Waals surface area contributed by atoms with Gasteiger partial charge in [0.2, 0.25) is 0 Å². The minimum atomic E-state index is -0.101. The fraction of sp³-hybridized carbons (Fsp3) is 0.400. The molecule has 1 N–H and O–H groups in total. The van der Waals surface area contributed by atoms with Crippen molar-refractivity contribution in [1.29, 1.82) is 0 Å². The quantitative estimate of drug-likeness (QED) is 0.751. The first-order valence-electron chi connectivity index (χ1n) is 10.2. The van der Waals surface area contributed by atoms with Crippen LogP contribution in [-0.2, 0) is 11.2 Å². The number of Topliss-reactive ketones (excluding diaryl/α,β-unsaturated/α-hetero) is 1. The van der Waals surface area contributed by atoms with Crippen LogP contribution in [0.2, 0.25) is 0 Å². The molecule has 0 saturated carbocycles. The van der Waals surface area contributed by atoms with E-state index in [0.717, 1.165) is 40.9 Å². The van der Waals surface area contributed by atoms with Gasteiger partial charge in [0, 0.05) is 35.4 Å². The van der Waals surface area contributed by atoms with Gasteiger partial charge in [-0.05, 0) is 41.0 Å². The van der Waals surface area contributed by atoms with Gasteiger partial charge in [0.05, 0.1) is 14.2 Å². The molecule has 1 aliphatic heterocycles. The summed E-state index contributed by atoms with van der Waals surface area (Å²) < 4.78 is 11.1. The molecule has 1 aliphatic carbocycles. The lowest BCUT2D eigenvalue weighted by Gasteiger charge is -2.39. The molecule has 29 heavy (non-hydrogen) atoms. The molecule has 1 atom stereocenters. The molecular weight excluding hydrogens is 362 g/mol. The summed E-state index contributed by atoms with van der Waals surface area (Å²) in [5.74, 6) is 1.49. The zero-order valence-electron chi connectivity index (χ0n) is 17.9. The number of hydrogen-bond donors (Lipinski definition) is 1. The third kappa shape index (κ3) is 3.41. The normalized spacial score (nSPS) is 19.9. The van der Waals surface area contributed by atoms with Crippen molar-refractivity contribution in [3.05, 3.63) is 64.4 Å². The molecule has 0 fully saturated rings. The predicted molar refractivity (Wildman–Crippen MR) is 116 cm³/mol. The fourth-order valence-corrected chi connectivity index (χ4v) is 4.63. The first kappa shape index (κ1) is 19.6. The highest BCUT2D eigenvalue weighted by Crippen LogP contribution is 2.51. The second-order valence-electron chi connectivity index (χ2n) is 8.78. The molecule has 0 amide bonds. The number of carbonyl (C=O) groups excluding carboxylic acids is 1. The van der Waals surface area contributed by atoms with E-state index in [4.69, 9.17) is 9.47 Å². The van der Waals surface area contributed by atoms with Crippen molar-refractivity contribution in [2.75, 3.05) is 19.5 Å². The van der Waals surface area contributed by atoms with Gasteiger partial charge in [0.15, 0.2) is 17.3 Å². The number of benzene rings is 2. The third-order valence-electron chi connectivity index (χ3n) is 6.08. The topological polar surface area (TPSA) is 47.6 Å². The largest absolute Gasteiger partial charge is 0.493 e. The van der Waals surface area contributed by atoms with Gasteiger partial charge in [-0.1, -0.05) is 45.0 Å². The second kappa shape index (κ2) is 7.25. The van der Waals surface area contributed by atoms with E-state index in [1.54, 1.807) is 14.2 Å². The SMILES string of the molecule is CCc1ccc([C@@H]2C3=C(CC(C)(C)CC3=O)Nc3cc(OC)c(OC)cc32)cc1. The van der Waals surface area contributed by atoms with Crippen LogP contribution >= 0.6 is 0 Å². The Kier molecular flexibility index (Phi) is 4.89. The van der Waals surface area contributed by atoms with Gasteiger partial charge in [-0.25, -0.2) is 0 Å². The summed E-state index contributed by atoms with van der Waals surface area (Å²) in [5.41, 5.74) is 6.35. The molecule has 0 spiro atoms. The lowest BCUT2D eigenvalue weighted by Crippen LogP contribution is -2.33. The lowest BCUT2D eigenvalue weighted by molar-refractivity contribution is -0.118. The highest BCUT2D eigenvalue weighted by molar-refractivity contribution is 6.01. The summed E-state index contributed by atoms with van der Waals surface area (Å²) in [7, 11) is 3.29. The van der Waals surface area contributed by atoms with E-state index < -0.39 is 0 Å². The summed E-state index contributed by atoms with van der Waals surface area (Å²) in [5, 5.41) is 3.56. The van der Waals surface area contributed by atoms with Gasteiger partial charge in [-0.2, -0.15) is 0 Å². The van der Waals surface area contributed by atoms with Crippen molar-refractivity contribution >= 4 is 11.5 Å². The third-order valence-corrected chi connectivity index (χ3v) is 6.08. The number of allylic oxidation sites excluding steroid dienone is 2. The van der Waals surface area contributed by atoms with E-state index in [0.29, 0.717) is 17.9 Å². The molecule has 0 radical (unpaired) electrons. The molecule has 0 bridgehead atoms. The Morgan fingerprint density at radius 2 is 1.69 bits per heavy atom. The van der Waals surface area contributed by atoms with Crippen molar-refractivity contribution in [2.45, 2.75) is 46.0 Å². The van der Waals surface area contributed by atoms with Gasteiger partial charge in [-0.15, -0.1) is 0 Å². The number of anilines is 1. The number of rotatable bonds is 4. The van der Waals surface area contributed by atoms with Gasteiger partial charge >= 0.3 is 0 Å². The molecule has 4 nitrogen and oxygen atoms in total. The number of ether oxygens (including phenoxy) is 2. The highest BCUT2D eigenvalue weighted by Gasteiger charge is 2.41. The highest BCUT2D eigenvalue weighted by atomic mass is 16.5. The Hall–Kier alpha value is -2.75. The van der Waals surface area contributed by atoms with Crippen LogP contribution in [0.4, 0.5) is 5.69 Å². The Bertz CT molecular complexity index is 986. The monoisotopic (exact) mass is 391 g/mol. The summed E-state index contributed by atoms with van der Waals surface area (Å²) in [4.78, 5) is 13.3. The number of methoxy groups -OCH3 is 2. The van der Waals surface area contributed by atoms with Crippen LogP contribution in [0.15, 0.2) is 47.7 Å². The van der Waals surface area contributed by atoms with E-state index in [1.807, 2.05) is 12.1 Å². The van der Waals surface area contributed by atoms with Crippen molar-refractivity contribution in [3.8, 4) is 11.5 Å². The zero-order chi connectivity index (χ0) is 20.8. The Morgan fingerprint density at radius 3 is 2.31 bits per heavy atom. The van der Waals surface area contributed by atoms with E-state index in [1.165, 1.54) is 5.56 Å². The van der Waals surface area contributed by atoms with Crippen LogP contribution < -0.4 is 14.8 Å². The molecule has 152 valence electrons. The maximum absolute atomic E-state index is 13.3. The number of carbonyl (C=O) groups is 1. The van der Waals surface area contributed by atoms with Crippen molar-refractivity contribution in [1.82, 2.24) is 0 Å². The maximum Gasteiger partial charge on any atom is 0.162 e. The Morgan fingerprint density at radius 1 is 1.03 bits per heavy atom. The first-order valence-corrected chi connectivity index (χ1v) is 10.2. The Labute approximate surface area is 172 Å². The number of aryl methyl sites for hydroxylation is 1. The van der Waals surface area contributed by atoms with Crippen molar-refractivity contribution in [3.63, 3.8) is 0 Å². The summed E-state index contributed by atoms with van der Waals surface area (Å²) >= 11 is 0. The zero-order valence-corrected chi connectivity index (χ0v) is 17.9. The van der Waals surface area contributed by atoms with Crippen LogP contribution in [0.1, 0.15) is 56.2 Å². The molecular formula is C25H29NO3. The smallest absolute Gasteiger partial charge is 0.162 e. The van der Waals surface area contributed by atoms with Gasteiger partial charge < -0.3 is 14.8 Å². The Balaban J connectivity index is 1.93. The molecule has 0 aromatic heterocycles. The molecule has 1 heterocycles.